The number of nitrogens with two attached hydrogens (primary N) is 2. The Bertz CT molecular complexity index is 537. The molecule has 6 nitrogen and oxygen atoms in total. The number of carbonyl (C=O) groups excluding carboxylic acids is 1. The predicted molar refractivity (Wildman–Crippen MR) is 69.2 cm³/mol. The van der Waals surface area contributed by atoms with Crippen molar-refractivity contribution < 1.29 is 13.2 Å². The minimum Gasteiger partial charge on any atom is -0.392 e. The van der Waals surface area contributed by atoms with Gasteiger partial charge in [-0.1, -0.05) is 12.2 Å². The van der Waals surface area contributed by atoms with Crippen molar-refractivity contribution in [3.05, 3.63) is 29.8 Å². The number of rotatable bonds is 5. The highest BCUT2D eigenvalue weighted by Crippen LogP contribution is 2.11. The van der Waals surface area contributed by atoms with Crippen LogP contribution in [0.2, 0.25) is 0 Å². The largest absolute Gasteiger partial charge is 0.392 e. The monoisotopic (exact) mass is 273 g/mol. The summed E-state index contributed by atoms with van der Waals surface area (Å²) in [5, 5.41) is 0. The topological polar surface area (TPSA) is 115 Å². The molecule has 1 aromatic rings. The van der Waals surface area contributed by atoms with Crippen LogP contribution in [0.1, 0.15) is 10.4 Å². The number of thiocarbonyl (C=S) groups is 1. The third kappa shape index (κ3) is 4.37. The number of carbonyl (C=O) groups is 1. The summed E-state index contributed by atoms with van der Waals surface area (Å²) in [7, 11) is -3.60. The fourth-order valence-corrected chi connectivity index (χ4v) is 2.51. The Morgan fingerprint density at radius 3 is 2.18 bits per heavy atom. The fraction of sp³-hybridized carbons (Fsp3) is 0.111. The lowest BCUT2D eigenvalue weighted by molar-refractivity contribution is 0.100. The second-order valence-corrected chi connectivity index (χ2v) is 5.52. The van der Waals surface area contributed by atoms with E-state index in [9.17, 15) is 13.2 Å². The van der Waals surface area contributed by atoms with Gasteiger partial charge in [-0.2, -0.15) is 0 Å². The van der Waals surface area contributed by atoms with E-state index in [0.29, 0.717) is 11.3 Å². The second kappa shape index (κ2) is 5.11. The van der Waals surface area contributed by atoms with Gasteiger partial charge in [-0.05, 0) is 24.3 Å². The summed E-state index contributed by atoms with van der Waals surface area (Å²) in [4.78, 5) is 10.7. The first-order chi connectivity index (χ1) is 7.80. The molecule has 0 bridgehead atoms. The highest BCUT2D eigenvalue weighted by molar-refractivity contribution is 7.95. The Labute approximate surface area is 104 Å². The molecule has 8 heteroatoms. The van der Waals surface area contributed by atoms with E-state index >= 15 is 0 Å². The second-order valence-electron chi connectivity index (χ2n) is 3.27. The van der Waals surface area contributed by atoms with Crippen LogP contribution < -0.4 is 16.2 Å². The molecule has 1 rings (SSSR count). The zero-order valence-electron chi connectivity index (χ0n) is 8.71. The predicted octanol–water partition coefficient (Wildman–Crippen LogP) is -0.187. The van der Waals surface area contributed by atoms with Gasteiger partial charge < -0.3 is 11.5 Å². The number of anilines is 1. The van der Waals surface area contributed by atoms with Crippen molar-refractivity contribution in [1.82, 2.24) is 0 Å². The molecular formula is C9H11N3O3S2. The van der Waals surface area contributed by atoms with Gasteiger partial charge in [0.05, 0.1) is 4.99 Å². The maximum Gasteiger partial charge on any atom is 0.248 e. The molecule has 17 heavy (non-hydrogen) atoms. The van der Waals surface area contributed by atoms with E-state index in [-0.39, 0.29) is 4.99 Å². The number of hydrogen-bond acceptors (Lipinski definition) is 4. The van der Waals surface area contributed by atoms with Crippen LogP contribution in [0.5, 0.6) is 0 Å². The first kappa shape index (κ1) is 13.4. The third-order valence-electron chi connectivity index (χ3n) is 1.78. The molecule has 0 saturated heterocycles. The van der Waals surface area contributed by atoms with Gasteiger partial charge in [0.2, 0.25) is 15.9 Å². The quantitative estimate of drug-likeness (QED) is 0.643. The van der Waals surface area contributed by atoms with E-state index in [1.165, 1.54) is 24.3 Å². The zero-order chi connectivity index (χ0) is 13.1. The van der Waals surface area contributed by atoms with Crippen molar-refractivity contribution in [3.63, 3.8) is 0 Å². The molecule has 0 aliphatic carbocycles. The Morgan fingerprint density at radius 1 is 1.24 bits per heavy atom. The lowest BCUT2D eigenvalue weighted by atomic mass is 10.2. The molecule has 0 aliphatic heterocycles. The number of hydrogen-bond donors (Lipinski definition) is 3. The summed E-state index contributed by atoms with van der Waals surface area (Å²) >= 11 is 4.51. The van der Waals surface area contributed by atoms with Crippen LogP contribution in [-0.4, -0.2) is 25.1 Å². The van der Waals surface area contributed by atoms with E-state index in [2.05, 4.69) is 16.9 Å². The molecule has 1 amide bonds. The Kier molecular flexibility index (Phi) is 4.02. The van der Waals surface area contributed by atoms with Gasteiger partial charge in [-0.3, -0.25) is 9.52 Å². The molecule has 0 heterocycles. The van der Waals surface area contributed by atoms with E-state index in [4.69, 9.17) is 11.5 Å². The lowest BCUT2D eigenvalue weighted by Gasteiger charge is -2.07. The van der Waals surface area contributed by atoms with Gasteiger partial charge in [0.25, 0.3) is 0 Å². The maximum absolute atomic E-state index is 11.5. The summed E-state index contributed by atoms with van der Waals surface area (Å²) in [5.41, 5.74) is 10.8. The molecule has 0 aliphatic rings. The van der Waals surface area contributed by atoms with Crippen LogP contribution >= 0.6 is 12.2 Å². The van der Waals surface area contributed by atoms with Gasteiger partial charge in [0.1, 0.15) is 5.75 Å². The average molecular weight is 273 g/mol. The summed E-state index contributed by atoms with van der Waals surface area (Å²) < 4.78 is 25.2. The van der Waals surface area contributed by atoms with Gasteiger partial charge in [0, 0.05) is 11.3 Å². The molecule has 0 fully saturated rings. The summed E-state index contributed by atoms with van der Waals surface area (Å²) in [6, 6.07) is 5.69. The number of benzene rings is 1. The number of sulfonamides is 1. The first-order valence-electron chi connectivity index (χ1n) is 4.49. The number of amides is 1. The SMILES string of the molecule is NC(=O)c1ccc(NS(=O)(=O)CC(N)=S)cc1. The van der Waals surface area contributed by atoms with Crippen molar-refractivity contribution in [2.24, 2.45) is 11.5 Å². The minimum atomic E-state index is -3.60. The molecule has 0 unspecified atom stereocenters. The Morgan fingerprint density at radius 2 is 1.76 bits per heavy atom. The summed E-state index contributed by atoms with van der Waals surface area (Å²) in [6.07, 6.45) is 0. The van der Waals surface area contributed by atoms with Crippen LogP contribution in [0, 0.1) is 0 Å². The lowest BCUT2D eigenvalue weighted by Crippen LogP contribution is -2.26. The van der Waals surface area contributed by atoms with Gasteiger partial charge >= 0.3 is 0 Å². The van der Waals surface area contributed by atoms with Gasteiger partial charge in [-0.15, -0.1) is 0 Å². The Hall–Kier alpha value is -1.67. The van der Waals surface area contributed by atoms with Crippen molar-refractivity contribution in [2.75, 3.05) is 10.5 Å². The highest BCUT2D eigenvalue weighted by Gasteiger charge is 2.12. The minimum absolute atomic E-state index is 0.119. The molecule has 0 aromatic heterocycles. The molecule has 1 aromatic carbocycles. The number of nitrogens with one attached hydrogen (secondary N) is 1. The average Bonchev–Trinajstić information content (AvgIpc) is 2.15. The molecule has 0 radical (unpaired) electrons. The van der Waals surface area contributed by atoms with Crippen molar-refractivity contribution in [1.29, 1.82) is 0 Å². The summed E-state index contributed by atoms with van der Waals surface area (Å²) in [6.45, 7) is 0. The fourth-order valence-electron chi connectivity index (χ4n) is 1.11. The van der Waals surface area contributed by atoms with Gasteiger partial charge in [0.15, 0.2) is 0 Å². The maximum atomic E-state index is 11.5. The van der Waals surface area contributed by atoms with E-state index in [1.807, 2.05) is 0 Å². The van der Waals surface area contributed by atoms with Gasteiger partial charge in [-0.25, -0.2) is 8.42 Å². The van der Waals surface area contributed by atoms with E-state index < -0.39 is 21.7 Å². The molecular weight excluding hydrogens is 262 g/mol. The van der Waals surface area contributed by atoms with Crippen molar-refractivity contribution >= 4 is 38.8 Å². The van der Waals surface area contributed by atoms with E-state index in [1.54, 1.807) is 0 Å². The third-order valence-corrected chi connectivity index (χ3v) is 3.34. The van der Waals surface area contributed by atoms with Crippen LogP contribution in [0.25, 0.3) is 0 Å². The molecule has 0 atom stereocenters. The molecule has 0 saturated carbocycles. The molecule has 5 N–H and O–H groups in total. The molecule has 0 spiro atoms. The standard InChI is InChI=1S/C9H11N3O3S2/c10-8(16)5-17(14,15)12-7-3-1-6(2-4-7)9(11)13/h1-4,12H,5H2,(H2,10,16)(H2,11,13). The van der Waals surface area contributed by atoms with Crippen molar-refractivity contribution in [2.45, 2.75) is 0 Å². The normalized spacial score (nSPS) is 10.8. The van der Waals surface area contributed by atoms with Crippen LogP contribution in [0.15, 0.2) is 24.3 Å². The zero-order valence-corrected chi connectivity index (χ0v) is 10.3. The Balaban J connectivity index is 2.82. The highest BCUT2D eigenvalue weighted by atomic mass is 32.2. The molecule has 92 valence electrons. The number of primary amides is 1. The van der Waals surface area contributed by atoms with Crippen molar-refractivity contribution in [3.8, 4) is 0 Å². The van der Waals surface area contributed by atoms with Crippen LogP contribution in [0.4, 0.5) is 5.69 Å². The first-order valence-corrected chi connectivity index (χ1v) is 6.55. The van der Waals surface area contributed by atoms with E-state index in [0.717, 1.165) is 0 Å². The van der Waals surface area contributed by atoms with Crippen LogP contribution in [0.3, 0.4) is 0 Å². The summed E-state index contributed by atoms with van der Waals surface area (Å²) in [5.74, 6) is -1.01. The smallest absolute Gasteiger partial charge is 0.248 e. The van der Waals surface area contributed by atoms with Crippen LogP contribution in [-0.2, 0) is 10.0 Å².